The number of fused-ring (bicyclic) bond motifs is 4. The van der Waals surface area contributed by atoms with Gasteiger partial charge in [-0.1, -0.05) is 38.3 Å². The molecule has 1 atom stereocenters. The van der Waals surface area contributed by atoms with Gasteiger partial charge in [-0.25, -0.2) is 9.11 Å². The molecule has 1 amide bonds. The summed E-state index contributed by atoms with van der Waals surface area (Å²) in [4.78, 5) is 22.6. The van der Waals surface area contributed by atoms with Crippen molar-refractivity contribution in [2.24, 2.45) is 0 Å². The van der Waals surface area contributed by atoms with Crippen LogP contribution >= 0.6 is 0 Å². The highest BCUT2D eigenvalue weighted by molar-refractivity contribution is 7.87. The summed E-state index contributed by atoms with van der Waals surface area (Å²) in [6, 6.07) is 14.2. The minimum absolute atomic E-state index is 0.0842. The first-order chi connectivity index (χ1) is 23.7. The number of rotatable bonds is 4. The van der Waals surface area contributed by atoms with E-state index in [2.05, 4.69) is 37.1 Å². The van der Waals surface area contributed by atoms with E-state index in [0.29, 0.717) is 50.6 Å². The summed E-state index contributed by atoms with van der Waals surface area (Å²) in [5.41, 5.74) is 4.94. The standard InChI is InChI=1S/C37H45FN6O4S/c1-3-42-17-16-41(2)49(46,47)40-37(45)28-11-13-31-33(20-28)44-24-30(43(19-18-42)23-26-8-7-15-39-22-26)25-48-34-14-12-29(38)21-32(34)36(44)35(31)27-9-5-4-6-10-27/h7-8,11-15,20-22,27,30H,3-6,9-10,16-19,23-25H2,1-2H3,(H,40,45). The Hall–Kier alpha value is -3.84. The predicted molar refractivity (Wildman–Crippen MR) is 188 cm³/mol. The van der Waals surface area contributed by atoms with Crippen molar-refractivity contribution in [1.29, 1.82) is 0 Å². The highest BCUT2D eigenvalue weighted by Crippen LogP contribution is 2.47. The van der Waals surface area contributed by atoms with Crippen molar-refractivity contribution in [3.8, 4) is 17.0 Å². The molecule has 1 N–H and O–H groups in total. The molecule has 260 valence electrons. The Balaban J connectivity index is 1.45. The van der Waals surface area contributed by atoms with E-state index < -0.39 is 16.1 Å². The molecule has 1 unspecified atom stereocenters. The Morgan fingerprint density at radius 1 is 1.02 bits per heavy atom. The van der Waals surface area contributed by atoms with Gasteiger partial charge in [-0.3, -0.25) is 14.7 Å². The van der Waals surface area contributed by atoms with E-state index in [-0.39, 0.29) is 29.9 Å². The van der Waals surface area contributed by atoms with Crippen LogP contribution in [0.15, 0.2) is 60.9 Å². The summed E-state index contributed by atoms with van der Waals surface area (Å²) in [5, 5.41) is 1.01. The molecule has 49 heavy (non-hydrogen) atoms. The van der Waals surface area contributed by atoms with Crippen LogP contribution in [0, 0.1) is 5.82 Å². The molecule has 0 spiro atoms. The third-order valence-electron chi connectivity index (χ3n) is 10.5. The first kappa shape index (κ1) is 33.6. The molecule has 2 aromatic heterocycles. The van der Waals surface area contributed by atoms with Crippen LogP contribution in [-0.4, -0.2) is 90.4 Å². The first-order valence-corrected chi connectivity index (χ1v) is 18.9. The zero-order valence-electron chi connectivity index (χ0n) is 28.3. The number of nitrogens with one attached hydrogen (secondary N) is 1. The molecule has 1 fully saturated rings. The number of ether oxygens (including phenoxy) is 1. The SMILES string of the molecule is CCN1CCN(Cc2cccnc2)C2COc3ccc(F)cc3-c3c(C4CCCCC4)c4ccc(cc4n3C2)C(=O)NS(=O)(=O)N(C)CC1. The van der Waals surface area contributed by atoms with E-state index >= 15 is 4.39 Å². The number of aromatic nitrogens is 2. The Morgan fingerprint density at radius 3 is 2.61 bits per heavy atom. The maximum absolute atomic E-state index is 15.1. The molecule has 4 bridgehead atoms. The smallest absolute Gasteiger partial charge is 0.303 e. The van der Waals surface area contributed by atoms with E-state index in [1.54, 1.807) is 24.4 Å². The lowest BCUT2D eigenvalue weighted by molar-refractivity contribution is 0.0971. The molecule has 2 aliphatic heterocycles. The fraction of sp³-hybridized carbons (Fsp3) is 0.459. The number of amides is 1. The number of pyridine rings is 1. The number of halogens is 1. The Morgan fingerprint density at radius 2 is 1.84 bits per heavy atom. The summed E-state index contributed by atoms with van der Waals surface area (Å²) >= 11 is 0. The molecule has 0 radical (unpaired) electrons. The van der Waals surface area contributed by atoms with Crippen LogP contribution in [0.4, 0.5) is 4.39 Å². The van der Waals surface area contributed by atoms with Gasteiger partial charge in [0.25, 0.3) is 5.91 Å². The van der Waals surface area contributed by atoms with Crippen LogP contribution in [0.3, 0.4) is 0 Å². The second-order valence-corrected chi connectivity index (χ2v) is 15.3. The van der Waals surface area contributed by atoms with Crippen molar-refractivity contribution in [2.45, 2.75) is 64.1 Å². The first-order valence-electron chi connectivity index (χ1n) is 17.4. The van der Waals surface area contributed by atoms with Crippen molar-refractivity contribution in [1.82, 2.24) is 28.4 Å². The topological polar surface area (TPSA) is 100 Å². The van der Waals surface area contributed by atoms with Crippen LogP contribution in [0.5, 0.6) is 5.75 Å². The van der Waals surface area contributed by atoms with Crippen molar-refractivity contribution in [3.63, 3.8) is 0 Å². The van der Waals surface area contributed by atoms with E-state index in [1.807, 2.05) is 24.4 Å². The molecule has 10 nitrogen and oxygen atoms in total. The second-order valence-electron chi connectivity index (χ2n) is 13.6. The van der Waals surface area contributed by atoms with Crippen LogP contribution < -0.4 is 9.46 Å². The van der Waals surface area contributed by atoms with Crippen LogP contribution in [-0.2, 0) is 23.3 Å². The highest BCUT2D eigenvalue weighted by Gasteiger charge is 2.33. The molecule has 4 aromatic rings. The van der Waals surface area contributed by atoms with Gasteiger partial charge in [-0.15, -0.1) is 0 Å². The number of nitrogens with zero attached hydrogens (tertiary/aromatic N) is 5. The van der Waals surface area contributed by atoms with Crippen molar-refractivity contribution < 1.29 is 22.3 Å². The Bertz CT molecular complexity index is 1930. The highest BCUT2D eigenvalue weighted by atomic mass is 32.2. The van der Waals surface area contributed by atoms with E-state index in [0.717, 1.165) is 60.0 Å². The molecule has 4 heterocycles. The van der Waals surface area contributed by atoms with Gasteiger partial charge < -0.3 is 14.2 Å². The normalized spacial score (nSPS) is 21.6. The van der Waals surface area contributed by atoms with Gasteiger partial charge in [0.2, 0.25) is 0 Å². The van der Waals surface area contributed by atoms with Crippen molar-refractivity contribution >= 4 is 27.0 Å². The van der Waals surface area contributed by atoms with Gasteiger partial charge in [0.05, 0.1) is 11.7 Å². The molecule has 3 aliphatic rings. The van der Waals surface area contributed by atoms with Gasteiger partial charge in [0, 0.05) is 80.7 Å². The largest absolute Gasteiger partial charge is 0.491 e. The molecule has 7 rings (SSSR count). The zero-order valence-corrected chi connectivity index (χ0v) is 29.1. The molecule has 2 aromatic carbocycles. The minimum Gasteiger partial charge on any atom is -0.491 e. The second kappa shape index (κ2) is 14.2. The third-order valence-corrected chi connectivity index (χ3v) is 12.0. The van der Waals surface area contributed by atoms with Gasteiger partial charge in [-0.2, -0.15) is 12.7 Å². The zero-order chi connectivity index (χ0) is 34.1. The van der Waals surface area contributed by atoms with Crippen LogP contribution in [0.1, 0.15) is 66.4 Å². The summed E-state index contributed by atoms with van der Waals surface area (Å²) in [7, 11) is -2.59. The predicted octanol–water partition coefficient (Wildman–Crippen LogP) is 5.40. The van der Waals surface area contributed by atoms with Crippen molar-refractivity contribution in [3.05, 3.63) is 83.4 Å². The third kappa shape index (κ3) is 6.96. The number of carbonyl (C=O) groups excluding carboxylic acids is 1. The van der Waals surface area contributed by atoms with Gasteiger partial charge in [-0.05, 0) is 72.8 Å². The quantitative estimate of drug-likeness (QED) is 0.307. The van der Waals surface area contributed by atoms with Gasteiger partial charge in [0.15, 0.2) is 0 Å². The summed E-state index contributed by atoms with van der Waals surface area (Å²) in [6.07, 6.45) is 9.12. The van der Waals surface area contributed by atoms with Crippen molar-refractivity contribution in [2.75, 3.05) is 46.4 Å². The monoisotopic (exact) mass is 688 g/mol. The maximum Gasteiger partial charge on any atom is 0.303 e. The minimum atomic E-state index is -4.08. The Kier molecular flexibility index (Phi) is 9.74. The van der Waals surface area contributed by atoms with E-state index in [4.69, 9.17) is 4.74 Å². The molecule has 12 heteroatoms. The van der Waals surface area contributed by atoms with E-state index in [1.165, 1.54) is 23.8 Å². The van der Waals surface area contributed by atoms with E-state index in [9.17, 15) is 13.2 Å². The van der Waals surface area contributed by atoms with Crippen LogP contribution in [0.25, 0.3) is 22.2 Å². The summed E-state index contributed by atoms with van der Waals surface area (Å²) in [6.45, 7) is 6.50. The maximum atomic E-state index is 15.1. The fourth-order valence-corrected chi connectivity index (χ4v) is 8.59. The fourth-order valence-electron chi connectivity index (χ4n) is 7.76. The number of benzene rings is 2. The lowest BCUT2D eigenvalue weighted by Crippen LogP contribution is -2.48. The average molecular weight is 689 g/mol. The van der Waals surface area contributed by atoms with Gasteiger partial charge >= 0.3 is 10.2 Å². The average Bonchev–Trinajstić information content (AvgIpc) is 3.41. The molecular weight excluding hydrogens is 644 g/mol. The molecular formula is C37H45FN6O4S. The van der Waals surface area contributed by atoms with Gasteiger partial charge in [0.1, 0.15) is 18.2 Å². The molecule has 1 saturated carbocycles. The summed E-state index contributed by atoms with van der Waals surface area (Å²) < 4.78 is 54.1. The number of likely N-dealkylation sites (N-methyl/N-ethyl adjacent to an activating group) is 2. The molecule has 0 saturated heterocycles. The lowest BCUT2D eigenvalue weighted by atomic mass is 9.81. The number of carbonyl (C=O) groups is 1. The lowest BCUT2D eigenvalue weighted by Gasteiger charge is -2.36. The van der Waals surface area contributed by atoms with Crippen LogP contribution in [0.2, 0.25) is 0 Å². The molecule has 1 aliphatic carbocycles. The number of hydrogen-bond acceptors (Lipinski definition) is 7. The summed E-state index contributed by atoms with van der Waals surface area (Å²) in [5.74, 6) is -0.134. The number of hydrogen-bond donors (Lipinski definition) is 1. The Labute approximate surface area is 288 Å².